The number of aliphatic hydroxyl groups is 1. The van der Waals surface area contributed by atoms with E-state index < -0.39 is 0 Å². The number of hydrogen-bond acceptors (Lipinski definition) is 4. The summed E-state index contributed by atoms with van der Waals surface area (Å²) in [5.74, 6) is 0.350. The second-order valence-corrected chi connectivity index (χ2v) is 6.18. The molecule has 0 bridgehead atoms. The fraction of sp³-hybridized carbons (Fsp3) is 1.00. The van der Waals surface area contributed by atoms with Crippen molar-refractivity contribution in [3.8, 4) is 0 Å². The average molecular weight is 255 g/mol. The Balaban J connectivity index is 1.55. The molecular weight excluding hydrogens is 230 g/mol. The predicted molar refractivity (Wildman–Crippen MR) is 68.3 cm³/mol. The van der Waals surface area contributed by atoms with Crippen molar-refractivity contribution in [3.63, 3.8) is 0 Å². The zero-order chi connectivity index (χ0) is 12.6. The molecule has 1 N–H and O–H groups in total. The zero-order valence-electron chi connectivity index (χ0n) is 11.3. The van der Waals surface area contributed by atoms with Gasteiger partial charge in [-0.15, -0.1) is 0 Å². The lowest BCUT2D eigenvalue weighted by molar-refractivity contribution is -0.163. The lowest BCUT2D eigenvalue weighted by atomic mass is 10.0. The summed E-state index contributed by atoms with van der Waals surface area (Å²) in [6.07, 6.45) is 5.96. The molecule has 0 radical (unpaired) electrons. The maximum atomic E-state index is 9.47. The van der Waals surface area contributed by atoms with Gasteiger partial charge >= 0.3 is 0 Å². The van der Waals surface area contributed by atoms with Crippen LogP contribution in [0.2, 0.25) is 0 Å². The van der Waals surface area contributed by atoms with Crippen LogP contribution >= 0.6 is 0 Å². The molecule has 1 spiro atoms. The van der Waals surface area contributed by atoms with Crippen molar-refractivity contribution < 1.29 is 14.6 Å². The van der Waals surface area contributed by atoms with Gasteiger partial charge in [0.05, 0.1) is 19.3 Å². The Bertz CT molecular complexity index is 291. The SMILES string of the molecule is CC1CCN(CC2COC3(CCCC3)O2)C1CO. The van der Waals surface area contributed by atoms with Gasteiger partial charge in [-0.1, -0.05) is 6.92 Å². The highest BCUT2D eigenvalue weighted by Crippen LogP contribution is 2.39. The van der Waals surface area contributed by atoms with Crippen LogP contribution in [0.4, 0.5) is 0 Å². The van der Waals surface area contributed by atoms with Gasteiger partial charge in [-0.25, -0.2) is 0 Å². The van der Waals surface area contributed by atoms with Crippen LogP contribution in [0.15, 0.2) is 0 Å². The molecule has 4 nitrogen and oxygen atoms in total. The second-order valence-electron chi connectivity index (χ2n) is 6.18. The number of ether oxygens (including phenoxy) is 2. The zero-order valence-corrected chi connectivity index (χ0v) is 11.3. The molecular formula is C14H25NO3. The monoisotopic (exact) mass is 255 g/mol. The number of likely N-dealkylation sites (tertiary alicyclic amines) is 1. The minimum atomic E-state index is -0.245. The smallest absolute Gasteiger partial charge is 0.168 e. The lowest BCUT2D eigenvalue weighted by Crippen LogP contribution is -2.41. The molecule has 0 aromatic rings. The Morgan fingerprint density at radius 1 is 1.33 bits per heavy atom. The summed E-state index contributed by atoms with van der Waals surface area (Å²) in [7, 11) is 0. The molecule has 4 heteroatoms. The third kappa shape index (κ3) is 2.31. The van der Waals surface area contributed by atoms with Crippen molar-refractivity contribution in [2.75, 3.05) is 26.3 Å². The van der Waals surface area contributed by atoms with Crippen LogP contribution in [0.3, 0.4) is 0 Å². The molecule has 3 aliphatic rings. The molecule has 1 aliphatic carbocycles. The molecule has 18 heavy (non-hydrogen) atoms. The minimum Gasteiger partial charge on any atom is -0.395 e. The molecule has 2 saturated heterocycles. The molecule has 2 aliphatic heterocycles. The topological polar surface area (TPSA) is 41.9 Å². The Hall–Kier alpha value is -0.160. The largest absolute Gasteiger partial charge is 0.395 e. The normalized spacial score (nSPS) is 40.0. The summed E-state index contributed by atoms with van der Waals surface area (Å²) in [5, 5.41) is 9.47. The van der Waals surface area contributed by atoms with E-state index in [2.05, 4.69) is 11.8 Å². The Kier molecular flexibility index (Phi) is 3.63. The summed E-state index contributed by atoms with van der Waals surface area (Å²) < 4.78 is 12.1. The molecule has 0 aromatic carbocycles. The fourth-order valence-corrected chi connectivity index (χ4v) is 3.75. The first kappa shape index (κ1) is 12.9. The van der Waals surface area contributed by atoms with E-state index >= 15 is 0 Å². The predicted octanol–water partition coefficient (Wildman–Crippen LogP) is 1.37. The van der Waals surface area contributed by atoms with Crippen LogP contribution in [0, 0.1) is 5.92 Å². The Morgan fingerprint density at radius 2 is 2.11 bits per heavy atom. The van der Waals surface area contributed by atoms with Gasteiger partial charge in [0, 0.05) is 25.4 Å². The van der Waals surface area contributed by atoms with Crippen LogP contribution in [0.25, 0.3) is 0 Å². The Labute approximate surface area is 109 Å². The maximum absolute atomic E-state index is 9.47. The van der Waals surface area contributed by atoms with Crippen LogP contribution in [-0.4, -0.2) is 54.2 Å². The molecule has 3 atom stereocenters. The molecule has 1 saturated carbocycles. The maximum Gasteiger partial charge on any atom is 0.168 e. The van der Waals surface area contributed by atoms with Crippen LogP contribution in [-0.2, 0) is 9.47 Å². The van der Waals surface area contributed by atoms with Crippen molar-refractivity contribution in [2.45, 2.75) is 57.0 Å². The van der Waals surface area contributed by atoms with E-state index in [-0.39, 0.29) is 18.5 Å². The quantitative estimate of drug-likeness (QED) is 0.827. The van der Waals surface area contributed by atoms with Crippen LogP contribution in [0.1, 0.15) is 39.0 Å². The summed E-state index contributed by atoms with van der Waals surface area (Å²) >= 11 is 0. The summed E-state index contributed by atoms with van der Waals surface area (Å²) in [6, 6.07) is 0.314. The summed E-state index contributed by atoms with van der Waals surface area (Å²) in [5.41, 5.74) is 0. The molecule has 0 aromatic heterocycles. The first-order valence-corrected chi connectivity index (χ1v) is 7.39. The highest BCUT2D eigenvalue weighted by Gasteiger charge is 2.44. The first-order chi connectivity index (χ1) is 8.72. The lowest BCUT2D eigenvalue weighted by Gasteiger charge is -2.28. The minimum absolute atomic E-state index is 0.197. The number of aliphatic hydroxyl groups excluding tert-OH is 1. The van der Waals surface area contributed by atoms with Crippen molar-refractivity contribution in [2.24, 2.45) is 5.92 Å². The van der Waals surface area contributed by atoms with Gasteiger partial charge in [0.2, 0.25) is 0 Å². The molecule has 3 fully saturated rings. The fourth-order valence-electron chi connectivity index (χ4n) is 3.75. The number of rotatable bonds is 3. The van der Waals surface area contributed by atoms with Gasteiger partial charge in [-0.05, 0) is 31.7 Å². The van der Waals surface area contributed by atoms with E-state index in [1.165, 1.54) is 19.3 Å². The van der Waals surface area contributed by atoms with Gasteiger partial charge < -0.3 is 14.6 Å². The Morgan fingerprint density at radius 3 is 2.83 bits per heavy atom. The third-order valence-electron chi connectivity index (χ3n) is 4.90. The van der Waals surface area contributed by atoms with Gasteiger partial charge in [0.25, 0.3) is 0 Å². The highest BCUT2D eigenvalue weighted by atomic mass is 16.7. The van der Waals surface area contributed by atoms with Gasteiger partial charge in [-0.3, -0.25) is 4.90 Å². The first-order valence-electron chi connectivity index (χ1n) is 7.39. The van der Waals surface area contributed by atoms with E-state index in [1.54, 1.807) is 0 Å². The number of nitrogens with zero attached hydrogens (tertiary/aromatic N) is 1. The van der Waals surface area contributed by atoms with Gasteiger partial charge in [-0.2, -0.15) is 0 Å². The molecule has 3 unspecified atom stereocenters. The van der Waals surface area contributed by atoms with E-state index in [1.807, 2.05) is 0 Å². The standard InChI is InChI=1S/C14H25NO3/c1-11-4-7-15(13(11)9-16)8-12-10-17-14(18-12)5-2-3-6-14/h11-13,16H,2-10H2,1H3. The molecule has 2 heterocycles. The van der Waals surface area contributed by atoms with Gasteiger partial charge in [0.15, 0.2) is 5.79 Å². The third-order valence-corrected chi connectivity index (χ3v) is 4.90. The number of hydrogen-bond donors (Lipinski definition) is 1. The molecule has 3 rings (SSSR count). The highest BCUT2D eigenvalue weighted by molar-refractivity contribution is 4.89. The van der Waals surface area contributed by atoms with Gasteiger partial charge in [0.1, 0.15) is 0 Å². The van der Waals surface area contributed by atoms with E-state index in [0.717, 1.165) is 32.5 Å². The van der Waals surface area contributed by atoms with E-state index in [0.29, 0.717) is 12.0 Å². The summed E-state index contributed by atoms with van der Waals surface area (Å²) in [6.45, 7) is 5.21. The van der Waals surface area contributed by atoms with Crippen molar-refractivity contribution in [1.29, 1.82) is 0 Å². The van der Waals surface area contributed by atoms with Crippen molar-refractivity contribution in [1.82, 2.24) is 4.90 Å². The van der Waals surface area contributed by atoms with Crippen molar-refractivity contribution in [3.05, 3.63) is 0 Å². The second kappa shape index (κ2) is 5.08. The van der Waals surface area contributed by atoms with Crippen LogP contribution in [0.5, 0.6) is 0 Å². The van der Waals surface area contributed by atoms with Crippen LogP contribution < -0.4 is 0 Å². The molecule has 104 valence electrons. The molecule has 0 amide bonds. The van der Waals surface area contributed by atoms with Crippen molar-refractivity contribution >= 4 is 0 Å². The summed E-state index contributed by atoms with van der Waals surface area (Å²) in [4.78, 5) is 2.38. The van der Waals surface area contributed by atoms with E-state index in [9.17, 15) is 5.11 Å². The average Bonchev–Trinajstić information content (AvgIpc) is 3.05. The van der Waals surface area contributed by atoms with E-state index in [4.69, 9.17) is 9.47 Å².